The largest absolute Gasteiger partial charge is 0.396 e. The van der Waals surface area contributed by atoms with E-state index in [1.807, 2.05) is 12.1 Å². The van der Waals surface area contributed by atoms with E-state index in [9.17, 15) is 8.42 Å². The highest BCUT2D eigenvalue weighted by Crippen LogP contribution is 2.26. The van der Waals surface area contributed by atoms with Gasteiger partial charge in [0.1, 0.15) is 0 Å². The van der Waals surface area contributed by atoms with Gasteiger partial charge in [0.05, 0.1) is 4.90 Å². The van der Waals surface area contributed by atoms with Crippen LogP contribution in [0.2, 0.25) is 0 Å². The lowest BCUT2D eigenvalue weighted by molar-refractivity contribution is 0.259. The summed E-state index contributed by atoms with van der Waals surface area (Å²) in [6.45, 7) is 4.14. The third-order valence-corrected chi connectivity index (χ3v) is 5.74. The van der Waals surface area contributed by atoms with Gasteiger partial charge in [-0.2, -0.15) is 4.31 Å². The molecule has 1 heterocycles. The maximum atomic E-state index is 12.6. The molecule has 1 aliphatic heterocycles. The number of sulfonamides is 1. The fourth-order valence-corrected chi connectivity index (χ4v) is 4.13. The molecule has 5 nitrogen and oxygen atoms in total. The summed E-state index contributed by atoms with van der Waals surface area (Å²) in [4.78, 5) is 0.342. The highest BCUT2D eigenvalue weighted by molar-refractivity contribution is 7.89. The molecule has 1 aliphatic rings. The van der Waals surface area contributed by atoms with Gasteiger partial charge in [0.2, 0.25) is 10.0 Å². The zero-order chi connectivity index (χ0) is 15.3. The van der Waals surface area contributed by atoms with Crippen molar-refractivity contribution in [1.82, 2.24) is 4.31 Å². The monoisotopic (exact) mass is 312 g/mol. The summed E-state index contributed by atoms with van der Waals surface area (Å²) in [7, 11) is -3.40. The van der Waals surface area contributed by atoms with Gasteiger partial charge in [-0.25, -0.2) is 8.42 Å². The van der Waals surface area contributed by atoms with Gasteiger partial charge in [-0.05, 0) is 49.4 Å². The Morgan fingerprint density at radius 3 is 2.67 bits per heavy atom. The fraction of sp³-hybridized carbons (Fsp3) is 0.600. The quantitative estimate of drug-likeness (QED) is 0.807. The van der Waals surface area contributed by atoms with Gasteiger partial charge < -0.3 is 10.4 Å². The van der Waals surface area contributed by atoms with Crippen molar-refractivity contribution in [2.24, 2.45) is 5.92 Å². The van der Waals surface area contributed by atoms with Crippen LogP contribution >= 0.6 is 0 Å². The van der Waals surface area contributed by atoms with E-state index in [-0.39, 0.29) is 12.5 Å². The number of rotatable bonds is 7. The minimum absolute atomic E-state index is 0.121. The van der Waals surface area contributed by atoms with E-state index < -0.39 is 10.0 Å². The third kappa shape index (κ3) is 3.96. The van der Waals surface area contributed by atoms with Crippen LogP contribution in [0.15, 0.2) is 29.2 Å². The SMILES string of the molecule is CCCNc1ccc(S(=O)(=O)N2CCC(CCO)C2)cc1. The number of aliphatic hydroxyl groups excluding tert-OH is 1. The Bertz CT molecular complexity index is 543. The van der Waals surface area contributed by atoms with E-state index in [1.54, 1.807) is 12.1 Å². The molecule has 6 heteroatoms. The minimum atomic E-state index is -3.40. The second-order valence-electron chi connectivity index (χ2n) is 5.48. The molecule has 0 aromatic heterocycles. The standard InChI is InChI=1S/C15H24N2O3S/c1-2-9-16-14-3-5-15(6-4-14)21(19,20)17-10-7-13(12-17)8-11-18/h3-6,13,16,18H,2,7-12H2,1H3. The van der Waals surface area contributed by atoms with E-state index in [4.69, 9.17) is 5.11 Å². The molecule has 2 rings (SSSR count). The molecule has 0 radical (unpaired) electrons. The minimum Gasteiger partial charge on any atom is -0.396 e. The van der Waals surface area contributed by atoms with Crippen molar-refractivity contribution in [1.29, 1.82) is 0 Å². The van der Waals surface area contributed by atoms with Gasteiger partial charge in [-0.3, -0.25) is 0 Å². The number of nitrogens with zero attached hydrogens (tertiary/aromatic N) is 1. The summed E-state index contributed by atoms with van der Waals surface area (Å²) in [5.41, 5.74) is 0.940. The Balaban J connectivity index is 2.06. The predicted octanol–water partition coefficient (Wildman–Crippen LogP) is 1.90. The summed E-state index contributed by atoms with van der Waals surface area (Å²) in [6, 6.07) is 6.94. The summed E-state index contributed by atoms with van der Waals surface area (Å²) in [6.07, 6.45) is 2.53. The third-order valence-electron chi connectivity index (χ3n) is 3.86. The Hall–Kier alpha value is -1.11. The summed E-state index contributed by atoms with van der Waals surface area (Å²) >= 11 is 0. The van der Waals surface area contributed by atoms with Crippen molar-refractivity contribution in [3.8, 4) is 0 Å². The van der Waals surface area contributed by atoms with Gasteiger partial charge >= 0.3 is 0 Å². The Morgan fingerprint density at radius 1 is 1.33 bits per heavy atom. The first-order valence-electron chi connectivity index (χ1n) is 7.53. The van der Waals surface area contributed by atoms with Crippen molar-refractivity contribution in [3.05, 3.63) is 24.3 Å². The number of anilines is 1. The molecule has 21 heavy (non-hydrogen) atoms. The smallest absolute Gasteiger partial charge is 0.243 e. The summed E-state index contributed by atoms with van der Waals surface area (Å²) in [5.74, 6) is 0.273. The molecule has 1 atom stereocenters. The first kappa shape index (κ1) is 16.3. The highest BCUT2D eigenvalue weighted by Gasteiger charge is 2.32. The van der Waals surface area contributed by atoms with Crippen LogP contribution in [0, 0.1) is 5.92 Å². The maximum Gasteiger partial charge on any atom is 0.243 e. The summed E-state index contributed by atoms with van der Waals surface area (Å²) in [5, 5.41) is 12.2. The van der Waals surface area contributed by atoms with Crippen LogP contribution in [-0.4, -0.2) is 44.1 Å². The molecular formula is C15H24N2O3S. The molecule has 1 aromatic carbocycles. The van der Waals surface area contributed by atoms with Gasteiger partial charge in [0, 0.05) is 31.9 Å². The molecule has 0 bridgehead atoms. The number of hydrogen-bond donors (Lipinski definition) is 2. The van der Waals surface area contributed by atoms with Crippen LogP contribution in [0.4, 0.5) is 5.69 Å². The molecule has 2 N–H and O–H groups in total. The lowest BCUT2D eigenvalue weighted by atomic mass is 10.1. The van der Waals surface area contributed by atoms with E-state index in [2.05, 4.69) is 12.2 Å². The summed E-state index contributed by atoms with van der Waals surface area (Å²) < 4.78 is 26.6. The van der Waals surface area contributed by atoms with Crippen LogP contribution in [-0.2, 0) is 10.0 Å². The number of nitrogens with one attached hydrogen (secondary N) is 1. The Kier molecular flexibility index (Phi) is 5.61. The zero-order valence-electron chi connectivity index (χ0n) is 12.5. The average molecular weight is 312 g/mol. The first-order chi connectivity index (χ1) is 10.1. The van der Waals surface area contributed by atoms with E-state index in [1.165, 1.54) is 4.31 Å². The number of aliphatic hydroxyl groups is 1. The number of hydrogen-bond acceptors (Lipinski definition) is 4. The van der Waals surface area contributed by atoms with Gasteiger partial charge in [-0.15, -0.1) is 0 Å². The van der Waals surface area contributed by atoms with Gasteiger partial charge in [0.15, 0.2) is 0 Å². The highest BCUT2D eigenvalue weighted by atomic mass is 32.2. The molecule has 0 saturated carbocycles. The Labute approximate surface area is 127 Å². The molecular weight excluding hydrogens is 288 g/mol. The van der Waals surface area contributed by atoms with Crippen molar-refractivity contribution >= 4 is 15.7 Å². The average Bonchev–Trinajstić information content (AvgIpc) is 2.95. The second-order valence-corrected chi connectivity index (χ2v) is 7.42. The predicted molar refractivity (Wildman–Crippen MR) is 83.8 cm³/mol. The fourth-order valence-electron chi connectivity index (χ4n) is 2.60. The van der Waals surface area contributed by atoms with Crippen LogP contribution in [0.1, 0.15) is 26.2 Å². The lowest BCUT2D eigenvalue weighted by Gasteiger charge is -2.17. The van der Waals surface area contributed by atoms with Crippen LogP contribution < -0.4 is 5.32 Å². The molecule has 118 valence electrons. The lowest BCUT2D eigenvalue weighted by Crippen LogP contribution is -2.29. The van der Waals surface area contributed by atoms with Crippen molar-refractivity contribution in [2.75, 3.05) is 31.6 Å². The van der Waals surface area contributed by atoms with Crippen LogP contribution in [0.25, 0.3) is 0 Å². The molecule has 1 aromatic rings. The topological polar surface area (TPSA) is 69.6 Å². The van der Waals surface area contributed by atoms with Crippen LogP contribution in [0.3, 0.4) is 0 Å². The molecule has 1 fully saturated rings. The maximum absolute atomic E-state index is 12.6. The van der Waals surface area contributed by atoms with Crippen LogP contribution in [0.5, 0.6) is 0 Å². The van der Waals surface area contributed by atoms with Crippen molar-refractivity contribution in [3.63, 3.8) is 0 Å². The molecule has 1 unspecified atom stereocenters. The van der Waals surface area contributed by atoms with Gasteiger partial charge in [0.25, 0.3) is 0 Å². The van der Waals surface area contributed by atoms with E-state index in [0.717, 1.165) is 25.1 Å². The molecule has 1 saturated heterocycles. The van der Waals surface area contributed by atoms with Crippen molar-refractivity contribution in [2.45, 2.75) is 31.1 Å². The van der Waals surface area contributed by atoms with Gasteiger partial charge in [-0.1, -0.05) is 6.92 Å². The molecule has 0 amide bonds. The van der Waals surface area contributed by atoms with E-state index in [0.29, 0.717) is 24.4 Å². The Morgan fingerprint density at radius 2 is 2.05 bits per heavy atom. The zero-order valence-corrected chi connectivity index (χ0v) is 13.3. The van der Waals surface area contributed by atoms with Crippen molar-refractivity contribution < 1.29 is 13.5 Å². The molecule has 0 spiro atoms. The van der Waals surface area contributed by atoms with E-state index >= 15 is 0 Å². The second kappa shape index (κ2) is 7.24. The first-order valence-corrected chi connectivity index (χ1v) is 8.97. The molecule has 0 aliphatic carbocycles. The normalized spacial score (nSPS) is 19.8. The number of benzene rings is 1.